The van der Waals surface area contributed by atoms with E-state index in [4.69, 9.17) is 37.9 Å². The number of carbonyl (C=O) groups is 5. The number of carbonyl (C=O) groups excluding carboxylic acids is 3. The molecule has 0 bridgehead atoms. The lowest BCUT2D eigenvalue weighted by Crippen LogP contribution is -2.53. The molecule has 3 atom stereocenters. The zero-order valence-electron chi connectivity index (χ0n) is 33.4. The van der Waals surface area contributed by atoms with Gasteiger partial charge >= 0.3 is 18.2 Å². The number of rotatable bonds is 33. The number of aliphatic hydroxyl groups is 1. The van der Waals surface area contributed by atoms with Crippen molar-refractivity contribution in [1.82, 2.24) is 20.0 Å². The fourth-order valence-corrected chi connectivity index (χ4v) is 5.29. The molecule has 0 fully saturated rings. The number of nitrogens with one attached hydrogen (secondary N) is 1. The number of hydrogen-bond acceptors (Lipinski definition) is 14. The predicted octanol–water partition coefficient (Wildman–Crippen LogP) is 0.796. The summed E-state index contributed by atoms with van der Waals surface area (Å²) in [5.41, 5.74) is 0. The van der Waals surface area contributed by atoms with E-state index in [2.05, 4.69) is 5.32 Å². The summed E-state index contributed by atoms with van der Waals surface area (Å²) in [5, 5.41) is 31.0. The first-order valence-corrected chi connectivity index (χ1v) is 19.1. The summed E-state index contributed by atoms with van der Waals surface area (Å²) in [6.45, 7) is 11.5. The van der Waals surface area contributed by atoms with Gasteiger partial charge in [-0.3, -0.25) is 9.59 Å². The number of ether oxygens (including phenoxy) is 8. The average molecular weight is 809 g/mol. The molecule has 0 aromatic carbocycles. The highest BCUT2D eigenvalue weighted by molar-refractivity contribution is 5.84. The third kappa shape index (κ3) is 22.1. The molecule has 56 heavy (non-hydrogen) atoms. The minimum Gasteiger partial charge on any atom is -0.477 e. The minimum absolute atomic E-state index is 0.0680. The van der Waals surface area contributed by atoms with Crippen molar-refractivity contribution in [2.45, 2.75) is 65.2 Å². The Kier molecular flexibility index (Phi) is 28.1. The van der Waals surface area contributed by atoms with Crippen molar-refractivity contribution < 1.29 is 77.2 Å². The average Bonchev–Trinajstić information content (AvgIpc) is 3.16. The summed E-state index contributed by atoms with van der Waals surface area (Å²) in [6.07, 6.45) is -2.44. The fourth-order valence-electron chi connectivity index (χ4n) is 5.29. The molecule has 20 heteroatoms. The van der Waals surface area contributed by atoms with Crippen LogP contribution in [0, 0.1) is 0 Å². The number of carboxylic acids is 1. The lowest BCUT2D eigenvalue weighted by Gasteiger charge is -2.36. The monoisotopic (exact) mass is 808 g/mol. The van der Waals surface area contributed by atoms with Crippen molar-refractivity contribution in [2.75, 3.05) is 125 Å². The maximum atomic E-state index is 13.2. The Bertz CT molecular complexity index is 1160. The van der Waals surface area contributed by atoms with Crippen molar-refractivity contribution in [3.63, 3.8) is 0 Å². The summed E-state index contributed by atoms with van der Waals surface area (Å²) in [6, 6.07) is -0.697. The number of carboxylic acid groups (broad SMARTS) is 2. The molecule has 4 N–H and O–H groups in total. The molecule has 324 valence electrons. The fraction of sp³-hybridized carbons (Fsp3) is 0.806. The van der Waals surface area contributed by atoms with Crippen LogP contribution in [0.1, 0.15) is 47.0 Å². The Morgan fingerprint density at radius 3 is 1.73 bits per heavy atom. The van der Waals surface area contributed by atoms with Gasteiger partial charge in [0.15, 0.2) is 6.10 Å². The van der Waals surface area contributed by atoms with Gasteiger partial charge in [-0.1, -0.05) is 0 Å². The highest BCUT2D eigenvalue weighted by Gasteiger charge is 2.39. The Morgan fingerprint density at radius 1 is 0.750 bits per heavy atom. The molecular formula is C36H64N4O16. The number of aliphatic hydroxyl groups excluding tert-OH is 1. The van der Waals surface area contributed by atoms with Crippen LogP contribution in [0.25, 0.3) is 0 Å². The molecule has 1 rings (SSSR count). The van der Waals surface area contributed by atoms with Crippen LogP contribution < -0.4 is 5.32 Å². The van der Waals surface area contributed by atoms with E-state index in [1.807, 2.05) is 6.92 Å². The molecule has 0 saturated carbocycles. The van der Waals surface area contributed by atoms with Crippen LogP contribution in [-0.4, -0.2) is 203 Å². The summed E-state index contributed by atoms with van der Waals surface area (Å²) >= 11 is 0. The van der Waals surface area contributed by atoms with Crippen LogP contribution in [-0.2, 0) is 52.3 Å². The van der Waals surface area contributed by atoms with E-state index in [1.165, 1.54) is 22.8 Å². The Morgan fingerprint density at radius 2 is 1.25 bits per heavy atom. The smallest absolute Gasteiger partial charge is 0.410 e. The van der Waals surface area contributed by atoms with E-state index in [-0.39, 0.29) is 103 Å². The van der Waals surface area contributed by atoms with Gasteiger partial charge in [0.25, 0.3) is 0 Å². The van der Waals surface area contributed by atoms with Gasteiger partial charge in [0.05, 0.1) is 85.1 Å². The first kappa shape index (κ1) is 50.2. The van der Waals surface area contributed by atoms with Gasteiger partial charge in [0.1, 0.15) is 6.10 Å². The number of hydrogen-bond donors (Lipinski definition) is 4. The van der Waals surface area contributed by atoms with E-state index >= 15 is 0 Å². The number of likely N-dealkylation sites (N-methyl/N-ethyl adjacent to an activating group) is 2. The molecule has 20 nitrogen and oxygen atoms in total. The summed E-state index contributed by atoms with van der Waals surface area (Å²) < 4.78 is 44.3. The minimum atomic E-state index is -1.31. The maximum Gasteiger partial charge on any atom is 0.410 e. The van der Waals surface area contributed by atoms with E-state index < -0.39 is 43.0 Å². The van der Waals surface area contributed by atoms with Gasteiger partial charge in [-0.05, 0) is 33.3 Å². The van der Waals surface area contributed by atoms with Crippen molar-refractivity contribution in [3.8, 4) is 0 Å². The SMILES string of the molecule is CCOCCOCCOCCOCCC(=O)N(CCOCCN(CC)C(=O)O)CCOCCN(CC)C(=O)O[C@H](CCO)[C@@H]1OC(C(=O)O)=CC[C@H]1NC(C)=O. The van der Waals surface area contributed by atoms with Crippen LogP contribution in [0.15, 0.2) is 11.8 Å². The molecule has 0 radical (unpaired) electrons. The molecule has 0 aromatic heterocycles. The van der Waals surface area contributed by atoms with Crippen LogP contribution in [0.2, 0.25) is 0 Å². The van der Waals surface area contributed by atoms with Gasteiger partial charge < -0.3 is 73.2 Å². The van der Waals surface area contributed by atoms with E-state index in [0.29, 0.717) is 52.8 Å². The maximum absolute atomic E-state index is 13.2. The molecule has 4 amide bonds. The highest BCUT2D eigenvalue weighted by Crippen LogP contribution is 2.24. The number of nitrogens with zero attached hydrogens (tertiary/aromatic N) is 3. The lowest BCUT2D eigenvalue weighted by atomic mass is 9.97. The first-order valence-electron chi connectivity index (χ1n) is 19.1. The summed E-state index contributed by atoms with van der Waals surface area (Å²) in [5.74, 6) is -2.24. The molecule has 1 heterocycles. The van der Waals surface area contributed by atoms with E-state index in [0.717, 1.165) is 0 Å². The van der Waals surface area contributed by atoms with Crippen LogP contribution in [0.3, 0.4) is 0 Å². The van der Waals surface area contributed by atoms with E-state index in [1.54, 1.807) is 18.7 Å². The quantitative estimate of drug-likeness (QED) is 0.0671. The third-order valence-electron chi connectivity index (χ3n) is 8.30. The Labute approximate surface area is 329 Å². The van der Waals surface area contributed by atoms with Crippen molar-refractivity contribution >= 4 is 30.0 Å². The topological polar surface area (TPSA) is 242 Å². The summed E-state index contributed by atoms with van der Waals surface area (Å²) in [7, 11) is 0. The third-order valence-corrected chi connectivity index (χ3v) is 8.30. The van der Waals surface area contributed by atoms with Crippen molar-refractivity contribution in [1.29, 1.82) is 0 Å². The number of amides is 4. The first-order chi connectivity index (χ1) is 27.0. The van der Waals surface area contributed by atoms with Crippen LogP contribution >= 0.6 is 0 Å². The standard InChI is InChI=1S/C36H64N4O16/c1-5-38(35(46)47)12-18-51-20-14-40(32(43)11-17-50-24-25-54-27-26-53-23-22-49-7-3)15-21-52-19-13-39(6-2)36(48)56-30(10-16-41)33-29(37-28(4)42)8-9-31(55-33)34(44)45/h9,29-30,33,41H,5-8,10-27H2,1-4H3,(H,37,42)(H,44,45)(H,46,47)/t29-,30-,33-/m1/s1. The zero-order chi connectivity index (χ0) is 41.6. The van der Waals surface area contributed by atoms with Gasteiger partial charge in [-0.2, -0.15) is 0 Å². The number of aliphatic carboxylic acids is 1. The second-order valence-electron chi connectivity index (χ2n) is 12.3. The molecule has 0 spiro atoms. The molecule has 0 aromatic rings. The van der Waals surface area contributed by atoms with Crippen molar-refractivity contribution in [3.05, 3.63) is 11.8 Å². The molecular weight excluding hydrogens is 744 g/mol. The molecule has 1 aliphatic rings. The molecule has 0 aliphatic carbocycles. The van der Waals surface area contributed by atoms with Gasteiger partial charge in [0.2, 0.25) is 17.6 Å². The Hall–Kier alpha value is -3.79. The zero-order valence-corrected chi connectivity index (χ0v) is 33.4. The van der Waals surface area contributed by atoms with Gasteiger partial charge in [-0.15, -0.1) is 0 Å². The van der Waals surface area contributed by atoms with Crippen LogP contribution in [0.4, 0.5) is 9.59 Å². The second kappa shape index (κ2) is 31.3. The normalized spacial score (nSPS) is 15.6. The van der Waals surface area contributed by atoms with Gasteiger partial charge in [0, 0.05) is 65.8 Å². The lowest BCUT2D eigenvalue weighted by molar-refractivity contribution is -0.141. The highest BCUT2D eigenvalue weighted by atomic mass is 16.6. The second-order valence-corrected chi connectivity index (χ2v) is 12.3. The largest absolute Gasteiger partial charge is 0.477 e. The molecule has 1 aliphatic heterocycles. The molecule has 0 saturated heterocycles. The van der Waals surface area contributed by atoms with E-state index in [9.17, 15) is 39.3 Å². The Balaban J connectivity index is 2.65. The summed E-state index contributed by atoms with van der Waals surface area (Å²) in [4.78, 5) is 65.1. The van der Waals surface area contributed by atoms with Crippen LogP contribution in [0.5, 0.6) is 0 Å². The van der Waals surface area contributed by atoms with Gasteiger partial charge in [-0.25, -0.2) is 14.4 Å². The predicted molar refractivity (Wildman–Crippen MR) is 199 cm³/mol. The van der Waals surface area contributed by atoms with Crippen molar-refractivity contribution in [2.24, 2.45) is 0 Å². The molecule has 0 unspecified atom stereocenters.